The fraction of sp³-hybridized carbons (Fsp3) is 0.259. The molecule has 0 bridgehead atoms. The van der Waals surface area contributed by atoms with Crippen LogP contribution >= 0.6 is 11.6 Å². The van der Waals surface area contributed by atoms with Crippen LogP contribution in [0.3, 0.4) is 0 Å². The topological polar surface area (TPSA) is 52.7 Å². The molecule has 2 heterocycles. The van der Waals surface area contributed by atoms with Gasteiger partial charge in [0.15, 0.2) is 11.8 Å². The van der Waals surface area contributed by atoms with Gasteiger partial charge in [0.25, 0.3) is 5.91 Å². The predicted octanol–water partition coefficient (Wildman–Crippen LogP) is 4.32. The summed E-state index contributed by atoms with van der Waals surface area (Å²) in [7, 11) is 0. The van der Waals surface area contributed by atoms with Crippen LogP contribution < -0.4 is 10.2 Å². The first-order valence-electron chi connectivity index (χ1n) is 11.3. The summed E-state index contributed by atoms with van der Waals surface area (Å²) in [5.41, 5.74) is 4.77. The summed E-state index contributed by atoms with van der Waals surface area (Å²) in [5.74, 6) is -0.322. The summed E-state index contributed by atoms with van der Waals surface area (Å²) in [5, 5.41) is 3.86. The zero-order valence-electron chi connectivity index (χ0n) is 18.6. The number of ketones is 1. The van der Waals surface area contributed by atoms with Crippen molar-refractivity contribution in [3.8, 4) is 11.1 Å². The van der Waals surface area contributed by atoms with E-state index < -0.39 is 6.04 Å². The van der Waals surface area contributed by atoms with Gasteiger partial charge < -0.3 is 10.2 Å². The highest BCUT2D eigenvalue weighted by molar-refractivity contribution is 6.34. The number of nitrogens with one attached hydrogen (secondary N) is 1. The molecule has 5 nitrogen and oxygen atoms in total. The van der Waals surface area contributed by atoms with E-state index in [0.29, 0.717) is 35.9 Å². The fourth-order valence-corrected chi connectivity index (χ4v) is 5.07. The third-order valence-electron chi connectivity index (χ3n) is 6.55. The van der Waals surface area contributed by atoms with Crippen molar-refractivity contribution in [2.75, 3.05) is 31.1 Å². The molecule has 1 fully saturated rings. The fourth-order valence-electron chi connectivity index (χ4n) is 4.87. The van der Waals surface area contributed by atoms with Crippen LogP contribution in [-0.4, -0.2) is 48.8 Å². The summed E-state index contributed by atoms with van der Waals surface area (Å²) in [4.78, 5) is 31.6. The smallest absolute Gasteiger partial charge is 0.252 e. The molecular formula is C27H26ClN3O2. The second-order valence-corrected chi connectivity index (χ2v) is 8.99. The van der Waals surface area contributed by atoms with Gasteiger partial charge in [-0.1, -0.05) is 72.3 Å². The molecule has 3 aromatic carbocycles. The highest BCUT2D eigenvalue weighted by atomic mass is 35.5. The number of hydrogen-bond acceptors (Lipinski definition) is 4. The lowest BCUT2D eigenvalue weighted by atomic mass is 9.85. The quantitative estimate of drug-likeness (QED) is 0.590. The number of carbonyl (C=O) groups is 2. The molecule has 1 saturated heterocycles. The molecule has 0 aromatic heterocycles. The van der Waals surface area contributed by atoms with Crippen LogP contribution in [0.2, 0.25) is 5.02 Å². The molecule has 0 radical (unpaired) electrons. The second-order valence-electron chi connectivity index (χ2n) is 8.58. The van der Waals surface area contributed by atoms with Crippen LogP contribution in [0.4, 0.5) is 5.69 Å². The van der Waals surface area contributed by atoms with Crippen molar-refractivity contribution >= 4 is 29.0 Å². The molecule has 168 valence electrons. The maximum atomic E-state index is 14.0. The van der Waals surface area contributed by atoms with E-state index in [2.05, 4.69) is 5.32 Å². The molecule has 0 spiro atoms. The van der Waals surface area contributed by atoms with Crippen LogP contribution in [0.25, 0.3) is 11.1 Å². The number of Topliss-reactive ketones (excluding diaryl/α,β-unsaturated/α-hetero) is 1. The number of fused-ring (bicyclic) bond motifs is 1. The summed E-state index contributed by atoms with van der Waals surface area (Å²) in [6.07, 6.45) is 0. The minimum absolute atomic E-state index is 0.139. The Bertz CT molecular complexity index is 1190. The molecule has 1 N–H and O–H groups in total. The highest BCUT2D eigenvalue weighted by Crippen LogP contribution is 2.43. The molecule has 3 aromatic rings. The largest absolute Gasteiger partial charge is 0.314 e. The predicted molar refractivity (Wildman–Crippen MR) is 132 cm³/mol. The Balaban J connectivity index is 1.72. The van der Waals surface area contributed by atoms with Crippen LogP contribution in [0.15, 0.2) is 66.7 Å². The van der Waals surface area contributed by atoms with Crippen molar-refractivity contribution in [1.82, 2.24) is 10.2 Å². The highest BCUT2D eigenvalue weighted by Gasteiger charge is 2.45. The van der Waals surface area contributed by atoms with Gasteiger partial charge in [0.2, 0.25) is 0 Å². The number of amides is 1. The van der Waals surface area contributed by atoms with E-state index in [4.69, 9.17) is 11.6 Å². The SMILES string of the molecule is Cc1c(Cl)cc2c(c1-c1ccccc1)C(=O)[C@H](N1CCNCC1)C(=O)N2Cc1ccccc1. The monoisotopic (exact) mass is 459 g/mol. The second kappa shape index (κ2) is 9.10. The lowest BCUT2D eigenvalue weighted by Crippen LogP contribution is -2.60. The number of halogens is 1. The lowest BCUT2D eigenvalue weighted by Gasteiger charge is -2.41. The van der Waals surface area contributed by atoms with Crippen LogP contribution in [0.1, 0.15) is 21.5 Å². The van der Waals surface area contributed by atoms with Gasteiger partial charge in [0.05, 0.1) is 17.8 Å². The molecule has 1 amide bonds. The number of piperazine rings is 1. The molecule has 2 aliphatic heterocycles. The van der Waals surface area contributed by atoms with Gasteiger partial charge in [0.1, 0.15) is 0 Å². The summed E-state index contributed by atoms with van der Waals surface area (Å²) < 4.78 is 0. The molecule has 6 heteroatoms. The van der Waals surface area contributed by atoms with Crippen molar-refractivity contribution in [1.29, 1.82) is 0 Å². The van der Waals surface area contributed by atoms with Gasteiger partial charge in [-0.3, -0.25) is 14.5 Å². The Morgan fingerprint density at radius 3 is 2.24 bits per heavy atom. The molecule has 5 rings (SSSR count). The lowest BCUT2D eigenvalue weighted by molar-refractivity contribution is -0.122. The van der Waals surface area contributed by atoms with Crippen molar-refractivity contribution in [3.05, 3.63) is 88.4 Å². The zero-order valence-corrected chi connectivity index (χ0v) is 19.3. The molecular weight excluding hydrogens is 434 g/mol. The van der Waals surface area contributed by atoms with Gasteiger partial charge in [0, 0.05) is 31.2 Å². The Morgan fingerprint density at radius 2 is 1.58 bits per heavy atom. The van der Waals surface area contributed by atoms with E-state index in [9.17, 15) is 9.59 Å². The molecule has 2 aliphatic rings. The number of rotatable bonds is 4. The minimum Gasteiger partial charge on any atom is -0.314 e. The standard InChI is InChI=1S/C27H26ClN3O2/c1-18-21(28)16-22-24(23(18)20-10-6-3-7-11-20)26(32)25(30-14-12-29-13-15-30)27(33)31(22)17-19-8-4-2-5-9-19/h2-11,16,25,29H,12-15,17H2,1H3/t25-/m0/s1. The molecule has 1 atom stereocenters. The Labute approximate surface area is 199 Å². The maximum absolute atomic E-state index is 14.0. The maximum Gasteiger partial charge on any atom is 0.252 e. The van der Waals surface area contributed by atoms with Crippen molar-refractivity contribution in [2.45, 2.75) is 19.5 Å². The normalized spacial score (nSPS) is 19.0. The van der Waals surface area contributed by atoms with Crippen LogP contribution in [0, 0.1) is 6.92 Å². The Kier molecular flexibility index (Phi) is 6.02. The van der Waals surface area contributed by atoms with E-state index >= 15 is 0 Å². The van der Waals surface area contributed by atoms with Gasteiger partial charge in [-0.15, -0.1) is 0 Å². The molecule has 0 aliphatic carbocycles. The average Bonchev–Trinajstić information content (AvgIpc) is 2.85. The summed E-state index contributed by atoms with van der Waals surface area (Å²) in [6, 6.07) is 20.7. The number of carbonyl (C=O) groups excluding carboxylic acids is 2. The van der Waals surface area contributed by atoms with Crippen molar-refractivity contribution in [3.63, 3.8) is 0 Å². The van der Waals surface area contributed by atoms with Crippen LogP contribution in [-0.2, 0) is 11.3 Å². The number of hydrogen-bond donors (Lipinski definition) is 1. The number of benzene rings is 3. The first-order chi connectivity index (χ1) is 16.1. The third kappa shape index (κ3) is 3.97. The first kappa shape index (κ1) is 21.8. The van der Waals surface area contributed by atoms with Crippen molar-refractivity contribution in [2.24, 2.45) is 0 Å². The molecule has 0 unspecified atom stereocenters. The average molecular weight is 460 g/mol. The Hall–Kier alpha value is -2.99. The molecule has 0 saturated carbocycles. The van der Waals surface area contributed by atoms with Gasteiger partial charge >= 0.3 is 0 Å². The first-order valence-corrected chi connectivity index (χ1v) is 11.7. The van der Waals surface area contributed by atoms with Crippen molar-refractivity contribution < 1.29 is 9.59 Å². The molecule has 33 heavy (non-hydrogen) atoms. The Morgan fingerprint density at radius 1 is 0.939 bits per heavy atom. The van der Waals surface area contributed by atoms with Crippen LogP contribution in [0.5, 0.6) is 0 Å². The minimum atomic E-state index is -0.827. The van der Waals surface area contributed by atoms with Gasteiger partial charge in [-0.25, -0.2) is 0 Å². The van der Waals surface area contributed by atoms with E-state index in [0.717, 1.165) is 35.3 Å². The summed E-state index contributed by atoms with van der Waals surface area (Å²) in [6.45, 7) is 5.15. The van der Waals surface area contributed by atoms with Gasteiger partial charge in [-0.05, 0) is 35.2 Å². The van der Waals surface area contributed by atoms with Gasteiger partial charge in [-0.2, -0.15) is 0 Å². The van der Waals surface area contributed by atoms with E-state index in [1.54, 1.807) is 11.0 Å². The zero-order chi connectivity index (χ0) is 22.9. The van der Waals surface area contributed by atoms with E-state index in [1.807, 2.05) is 72.5 Å². The van der Waals surface area contributed by atoms with E-state index in [-0.39, 0.29) is 11.7 Å². The number of anilines is 1. The third-order valence-corrected chi connectivity index (χ3v) is 6.94. The summed E-state index contributed by atoms with van der Waals surface area (Å²) >= 11 is 6.68. The number of nitrogens with zero attached hydrogens (tertiary/aromatic N) is 2. The van der Waals surface area contributed by atoms with E-state index in [1.165, 1.54) is 0 Å².